The van der Waals surface area contributed by atoms with Crippen molar-refractivity contribution < 1.29 is 14.3 Å². The molecule has 1 aromatic rings. The van der Waals surface area contributed by atoms with Gasteiger partial charge in [-0.1, -0.05) is 0 Å². The first-order chi connectivity index (χ1) is 12.5. The molecule has 8 heteroatoms. The zero-order chi connectivity index (χ0) is 18.7. The van der Waals surface area contributed by atoms with Crippen molar-refractivity contribution in [2.75, 3.05) is 26.7 Å². The average Bonchev–Trinajstić information content (AvgIpc) is 3.02. The maximum absolute atomic E-state index is 12.7. The maximum Gasteiger partial charge on any atom is 0.255 e. The predicted molar refractivity (Wildman–Crippen MR) is 96.6 cm³/mol. The Labute approximate surface area is 153 Å². The number of ether oxygens (including phenoxy) is 1. The number of hydrogen-bond donors (Lipinski definition) is 2. The molecule has 1 saturated heterocycles. The molecule has 142 valence electrons. The normalized spacial score (nSPS) is 28.2. The van der Waals surface area contributed by atoms with Gasteiger partial charge in [0.05, 0.1) is 23.8 Å². The lowest BCUT2D eigenvalue weighted by atomic mass is 10.1. The third kappa shape index (κ3) is 4.13. The van der Waals surface area contributed by atoms with Gasteiger partial charge in [-0.05, 0) is 31.7 Å². The van der Waals surface area contributed by atoms with E-state index in [1.54, 1.807) is 35.3 Å². The van der Waals surface area contributed by atoms with Gasteiger partial charge in [0.15, 0.2) is 0 Å². The molecule has 3 rings (SSSR count). The maximum atomic E-state index is 12.7. The Morgan fingerprint density at radius 2 is 2.04 bits per heavy atom. The molecule has 0 aliphatic carbocycles. The summed E-state index contributed by atoms with van der Waals surface area (Å²) in [6, 6.07) is 0.962. The number of rotatable bonds is 0. The largest absolute Gasteiger partial charge is 0.490 e. The van der Waals surface area contributed by atoms with E-state index in [-0.39, 0.29) is 23.9 Å². The summed E-state index contributed by atoms with van der Waals surface area (Å²) in [5.41, 5.74) is 12.7. The molecule has 0 saturated carbocycles. The molecule has 0 spiro atoms. The number of aromatic nitrogens is 1. The van der Waals surface area contributed by atoms with E-state index in [1.807, 2.05) is 0 Å². The molecule has 0 radical (unpaired) electrons. The molecule has 3 heterocycles. The van der Waals surface area contributed by atoms with Gasteiger partial charge in [-0.3, -0.25) is 14.6 Å². The summed E-state index contributed by atoms with van der Waals surface area (Å²) < 4.78 is 5.83. The summed E-state index contributed by atoms with van der Waals surface area (Å²) >= 11 is 0. The van der Waals surface area contributed by atoms with Crippen molar-refractivity contribution in [3.05, 3.63) is 24.0 Å². The minimum absolute atomic E-state index is 0.0710. The molecular weight excluding hydrogens is 334 g/mol. The summed E-state index contributed by atoms with van der Waals surface area (Å²) in [4.78, 5) is 32.8. The SMILES string of the molecule is CN1CCCC[C@H](N)C(=O)N2C[C@@H](N)C[C@H]2COc2cncc(c2)C1=O. The highest BCUT2D eigenvalue weighted by Gasteiger charge is 2.36. The Morgan fingerprint density at radius 3 is 2.85 bits per heavy atom. The quantitative estimate of drug-likeness (QED) is 0.671. The highest BCUT2D eigenvalue weighted by Crippen LogP contribution is 2.21. The van der Waals surface area contributed by atoms with Crippen LogP contribution in [0.2, 0.25) is 0 Å². The van der Waals surface area contributed by atoms with E-state index in [0.29, 0.717) is 43.9 Å². The fourth-order valence-corrected chi connectivity index (χ4v) is 3.56. The Kier molecular flexibility index (Phi) is 5.73. The van der Waals surface area contributed by atoms with Gasteiger partial charge in [0.25, 0.3) is 5.91 Å². The summed E-state index contributed by atoms with van der Waals surface area (Å²) in [7, 11) is 1.76. The van der Waals surface area contributed by atoms with Gasteiger partial charge in [-0.15, -0.1) is 0 Å². The van der Waals surface area contributed by atoms with Crippen LogP contribution in [-0.2, 0) is 4.79 Å². The summed E-state index contributed by atoms with van der Waals surface area (Å²) in [5, 5.41) is 0. The molecular formula is C18H27N5O3. The van der Waals surface area contributed by atoms with Crippen LogP contribution in [0.25, 0.3) is 0 Å². The van der Waals surface area contributed by atoms with Crippen molar-refractivity contribution in [2.24, 2.45) is 11.5 Å². The van der Waals surface area contributed by atoms with Crippen LogP contribution >= 0.6 is 0 Å². The Morgan fingerprint density at radius 1 is 1.23 bits per heavy atom. The molecule has 0 unspecified atom stereocenters. The summed E-state index contributed by atoms with van der Waals surface area (Å²) in [5.74, 6) is 0.344. The van der Waals surface area contributed by atoms with Crippen LogP contribution in [0.15, 0.2) is 18.5 Å². The fourth-order valence-electron chi connectivity index (χ4n) is 3.56. The first-order valence-corrected chi connectivity index (χ1v) is 9.10. The molecule has 0 aromatic carbocycles. The van der Waals surface area contributed by atoms with Crippen LogP contribution < -0.4 is 16.2 Å². The van der Waals surface area contributed by atoms with Gasteiger partial charge >= 0.3 is 0 Å². The minimum Gasteiger partial charge on any atom is -0.490 e. The zero-order valence-electron chi connectivity index (χ0n) is 15.1. The van der Waals surface area contributed by atoms with Gasteiger partial charge in [0, 0.05) is 32.4 Å². The first-order valence-electron chi connectivity index (χ1n) is 9.10. The lowest BCUT2D eigenvalue weighted by Crippen LogP contribution is -2.48. The van der Waals surface area contributed by atoms with Crippen molar-refractivity contribution in [3.63, 3.8) is 0 Å². The topological polar surface area (TPSA) is 115 Å². The van der Waals surface area contributed by atoms with Crippen molar-refractivity contribution in [3.8, 4) is 5.75 Å². The van der Waals surface area contributed by atoms with Crippen LogP contribution in [-0.4, -0.2) is 71.5 Å². The lowest BCUT2D eigenvalue weighted by molar-refractivity contribution is -0.134. The number of carbonyl (C=O) groups excluding carboxylic acids is 2. The van der Waals surface area contributed by atoms with Crippen molar-refractivity contribution in [1.82, 2.24) is 14.8 Å². The number of fused-ring (bicyclic) bond motifs is 3. The van der Waals surface area contributed by atoms with E-state index in [1.165, 1.54) is 0 Å². The van der Waals surface area contributed by atoms with Crippen molar-refractivity contribution >= 4 is 11.8 Å². The second-order valence-corrected chi connectivity index (χ2v) is 7.19. The third-order valence-electron chi connectivity index (χ3n) is 5.05. The first kappa shape index (κ1) is 18.6. The Balaban J connectivity index is 1.82. The van der Waals surface area contributed by atoms with Gasteiger partial charge in [-0.2, -0.15) is 0 Å². The Bertz CT molecular complexity index is 668. The van der Waals surface area contributed by atoms with Gasteiger partial charge < -0.3 is 26.0 Å². The molecule has 2 amide bonds. The minimum atomic E-state index is -0.545. The highest BCUT2D eigenvalue weighted by atomic mass is 16.5. The van der Waals surface area contributed by atoms with Gasteiger partial charge in [0.1, 0.15) is 12.4 Å². The van der Waals surface area contributed by atoms with E-state index >= 15 is 0 Å². The molecule has 1 fully saturated rings. The second-order valence-electron chi connectivity index (χ2n) is 7.19. The molecule has 2 aliphatic heterocycles. The summed E-state index contributed by atoms with van der Waals surface area (Å²) in [6.45, 7) is 1.41. The second kappa shape index (κ2) is 8.01. The monoisotopic (exact) mass is 361 g/mol. The van der Waals surface area contributed by atoms with E-state index in [2.05, 4.69) is 4.98 Å². The zero-order valence-corrected chi connectivity index (χ0v) is 15.1. The fraction of sp³-hybridized carbons (Fsp3) is 0.611. The van der Waals surface area contributed by atoms with E-state index in [0.717, 1.165) is 12.8 Å². The third-order valence-corrected chi connectivity index (χ3v) is 5.05. The van der Waals surface area contributed by atoms with Crippen molar-refractivity contribution in [1.29, 1.82) is 0 Å². The highest BCUT2D eigenvalue weighted by molar-refractivity contribution is 5.94. The number of carbonyl (C=O) groups is 2. The molecule has 2 aliphatic rings. The number of pyridine rings is 1. The molecule has 3 atom stereocenters. The molecule has 26 heavy (non-hydrogen) atoms. The van der Waals surface area contributed by atoms with Crippen LogP contribution in [0.4, 0.5) is 0 Å². The van der Waals surface area contributed by atoms with Gasteiger partial charge in [-0.25, -0.2) is 0 Å². The van der Waals surface area contributed by atoms with Crippen LogP contribution in [0, 0.1) is 0 Å². The van der Waals surface area contributed by atoms with E-state index < -0.39 is 6.04 Å². The average molecular weight is 361 g/mol. The Hall–Kier alpha value is -2.19. The number of nitrogens with zero attached hydrogens (tertiary/aromatic N) is 3. The van der Waals surface area contributed by atoms with Crippen LogP contribution in [0.5, 0.6) is 5.75 Å². The summed E-state index contributed by atoms with van der Waals surface area (Å²) in [6.07, 6.45) is 5.95. The van der Waals surface area contributed by atoms with E-state index in [4.69, 9.17) is 16.2 Å². The molecule has 4 N–H and O–H groups in total. The molecule has 1 aromatic heterocycles. The molecule has 8 nitrogen and oxygen atoms in total. The van der Waals surface area contributed by atoms with Crippen LogP contribution in [0.3, 0.4) is 0 Å². The lowest BCUT2D eigenvalue weighted by Gasteiger charge is -2.27. The van der Waals surface area contributed by atoms with Crippen molar-refractivity contribution in [2.45, 2.75) is 43.8 Å². The number of nitrogens with two attached hydrogens (primary N) is 2. The predicted octanol–water partition coefficient (Wildman–Crippen LogP) is -0.0282. The van der Waals surface area contributed by atoms with E-state index in [9.17, 15) is 9.59 Å². The number of amides is 2. The number of hydrogen-bond acceptors (Lipinski definition) is 6. The smallest absolute Gasteiger partial charge is 0.255 e. The molecule has 2 bridgehead atoms. The van der Waals surface area contributed by atoms with Crippen LogP contribution in [0.1, 0.15) is 36.0 Å². The standard InChI is InChI=1S/C18H27N5O3/c1-22-5-3-2-4-16(20)18(25)23-10-13(19)7-14(23)11-26-15-6-12(17(22)24)8-21-9-15/h6,8-9,13-14,16H,2-5,7,10-11,19-20H2,1H3/t13-,14-,16-/m0/s1. The van der Waals surface area contributed by atoms with Gasteiger partial charge in [0.2, 0.25) is 5.91 Å².